The van der Waals surface area contributed by atoms with Crippen molar-refractivity contribution in [1.29, 1.82) is 0 Å². The van der Waals surface area contributed by atoms with Gasteiger partial charge in [0.15, 0.2) is 5.65 Å². The molecule has 1 aliphatic carbocycles. The molecule has 2 aromatic heterocycles. The summed E-state index contributed by atoms with van der Waals surface area (Å²) in [5.41, 5.74) is 9.26. The lowest BCUT2D eigenvalue weighted by molar-refractivity contribution is 0.0774. The average Bonchev–Trinajstić information content (AvgIpc) is 3.36. The predicted molar refractivity (Wildman–Crippen MR) is 111 cm³/mol. The molecule has 146 valence electrons. The van der Waals surface area contributed by atoms with Gasteiger partial charge < -0.3 is 10.6 Å². The van der Waals surface area contributed by atoms with Gasteiger partial charge in [-0.25, -0.2) is 9.67 Å². The quantitative estimate of drug-likeness (QED) is 0.721. The Labute approximate surface area is 170 Å². The zero-order chi connectivity index (χ0) is 18.5. The Hall–Kier alpha value is -2.44. The number of likely N-dealkylation sites (tertiary alicyclic amines) is 1. The first-order valence-electron chi connectivity index (χ1n) is 9.58. The van der Waals surface area contributed by atoms with Crippen molar-refractivity contribution < 1.29 is 4.79 Å². The van der Waals surface area contributed by atoms with Crippen LogP contribution in [0.3, 0.4) is 0 Å². The van der Waals surface area contributed by atoms with Gasteiger partial charge in [-0.15, -0.1) is 12.4 Å². The Morgan fingerprint density at radius 1 is 1.11 bits per heavy atom. The Morgan fingerprint density at radius 3 is 2.64 bits per heavy atom. The van der Waals surface area contributed by atoms with E-state index in [9.17, 15) is 4.79 Å². The normalized spacial score (nSPS) is 23.6. The summed E-state index contributed by atoms with van der Waals surface area (Å²) in [6.45, 7) is 3.52. The van der Waals surface area contributed by atoms with Crippen LogP contribution in [0.2, 0.25) is 0 Å². The molecule has 0 spiro atoms. The summed E-state index contributed by atoms with van der Waals surface area (Å²) in [5, 5.41) is 5.60. The van der Waals surface area contributed by atoms with Crippen LogP contribution >= 0.6 is 12.4 Å². The molecule has 2 N–H and O–H groups in total. The second kappa shape index (κ2) is 7.18. The van der Waals surface area contributed by atoms with E-state index in [1.807, 2.05) is 59.0 Å². The number of carbonyl (C=O) groups is 1. The van der Waals surface area contributed by atoms with Crippen molar-refractivity contribution in [2.24, 2.45) is 17.6 Å². The number of fused-ring (bicyclic) bond motifs is 2. The molecular formula is C21H24ClN5O. The van der Waals surface area contributed by atoms with Gasteiger partial charge in [0, 0.05) is 24.5 Å². The Bertz CT molecular complexity index is 1020. The summed E-state index contributed by atoms with van der Waals surface area (Å²) in [7, 11) is 0. The van der Waals surface area contributed by atoms with E-state index in [1.54, 1.807) is 0 Å². The van der Waals surface area contributed by atoms with E-state index >= 15 is 0 Å². The minimum Gasteiger partial charge on any atom is -0.337 e. The summed E-state index contributed by atoms with van der Waals surface area (Å²) in [6.07, 6.45) is 2.21. The van der Waals surface area contributed by atoms with Gasteiger partial charge in [-0.2, -0.15) is 5.10 Å². The number of nitrogens with two attached hydrogens (primary N) is 1. The maximum absolute atomic E-state index is 13.1. The number of nitrogens with zero attached hydrogens (tertiary/aromatic N) is 4. The van der Waals surface area contributed by atoms with Gasteiger partial charge in [-0.05, 0) is 55.9 Å². The number of carbonyl (C=O) groups excluding carboxylic acids is 1. The number of halogens is 1. The molecule has 0 radical (unpaired) electrons. The van der Waals surface area contributed by atoms with Crippen molar-refractivity contribution in [2.75, 3.05) is 13.1 Å². The molecular weight excluding hydrogens is 374 g/mol. The van der Waals surface area contributed by atoms with Crippen molar-refractivity contribution in [2.45, 2.75) is 25.8 Å². The van der Waals surface area contributed by atoms with Crippen molar-refractivity contribution in [3.8, 4) is 5.69 Å². The van der Waals surface area contributed by atoms with Gasteiger partial charge in [0.05, 0.1) is 11.4 Å². The number of pyridine rings is 1. The summed E-state index contributed by atoms with van der Waals surface area (Å²) in [4.78, 5) is 19.7. The van der Waals surface area contributed by atoms with Crippen molar-refractivity contribution in [1.82, 2.24) is 19.7 Å². The largest absolute Gasteiger partial charge is 0.337 e. The molecule has 7 heteroatoms. The number of para-hydroxylation sites is 1. The van der Waals surface area contributed by atoms with Crippen LogP contribution in [0.25, 0.3) is 16.7 Å². The third-order valence-electron chi connectivity index (χ3n) is 6.13. The third-order valence-corrected chi connectivity index (χ3v) is 6.13. The molecule has 3 atom stereocenters. The van der Waals surface area contributed by atoms with Crippen molar-refractivity contribution >= 4 is 29.3 Å². The SMILES string of the molecule is Cc1nn(-c2ccccc2)c2nc(C(=O)N3CC4CCC(N)C4C3)ccc12.Cl. The molecule has 5 rings (SSSR count). The number of aromatic nitrogens is 3. The van der Waals surface area contributed by atoms with Crippen LogP contribution in [0.1, 0.15) is 29.0 Å². The van der Waals surface area contributed by atoms with Crippen LogP contribution in [-0.4, -0.2) is 44.7 Å². The lowest BCUT2D eigenvalue weighted by atomic mass is 9.98. The van der Waals surface area contributed by atoms with Gasteiger partial charge in [-0.1, -0.05) is 18.2 Å². The number of amides is 1. The van der Waals surface area contributed by atoms with Gasteiger partial charge in [0.2, 0.25) is 0 Å². The van der Waals surface area contributed by atoms with Crippen molar-refractivity contribution in [3.63, 3.8) is 0 Å². The summed E-state index contributed by atoms with van der Waals surface area (Å²) in [5.74, 6) is 0.983. The van der Waals surface area contributed by atoms with Gasteiger partial charge in [0.25, 0.3) is 5.91 Å². The predicted octanol–water partition coefficient (Wildman–Crippen LogP) is 2.96. The molecule has 28 heavy (non-hydrogen) atoms. The molecule has 2 aliphatic rings. The standard InChI is InChI=1S/C21H23N5O.ClH/c1-13-16-8-10-19(21(27)25-11-14-7-9-18(22)17(14)12-25)23-20(16)26(24-13)15-5-3-2-4-6-15;/h2-6,8,10,14,17-18H,7,9,11-12,22H2,1H3;1H. The highest BCUT2D eigenvalue weighted by molar-refractivity contribution is 5.95. The molecule has 0 bridgehead atoms. The van der Waals surface area contributed by atoms with Crippen LogP contribution < -0.4 is 5.73 Å². The Balaban J connectivity index is 0.00000192. The summed E-state index contributed by atoms with van der Waals surface area (Å²) >= 11 is 0. The number of hydrogen-bond acceptors (Lipinski definition) is 4. The number of aryl methyl sites for hydroxylation is 1. The molecule has 6 nitrogen and oxygen atoms in total. The second-order valence-corrected chi connectivity index (χ2v) is 7.78. The number of benzene rings is 1. The van der Waals surface area contributed by atoms with E-state index < -0.39 is 0 Å². The fourth-order valence-electron chi connectivity index (χ4n) is 4.65. The lowest BCUT2D eigenvalue weighted by Gasteiger charge is -2.18. The van der Waals surface area contributed by atoms with E-state index in [0.29, 0.717) is 17.5 Å². The van der Waals surface area contributed by atoms with Crippen LogP contribution in [0, 0.1) is 18.8 Å². The number of rotatable bonds is 2. The highest BCUT2D eigenvalue weighted by Crippen LogP contribution is 2.37. The van der Waals surface area contributed by atoms with Crippen LogP contribution in [0.5, 0.6) is 0 Å². The van der Waals surface area contributed by atoms with Gasteiger partial charge in [0.1, 0.15) is 5.69 Å². The molecule has 1 amide bonds. The third kappa shape index (κ3) is 2.97. The van der Waals surface area contributed by atoms with Gasteiger partial charge >= 0.3 is 0 Å². The molecule has 1 saturated carbocycles. The zero-order valence-electron chi connectivity index (χ0n) is 15.8. The van der Waals surface area contributed by atoms with Crippen LogP contribution in [-0.2, 0) is 0 Å². The molecule has 3 aromatic rings. The maximum atomic E-state index is 13.1. The van der Waals surface area contributed by atoms with Crippen LogP contribution in [0.15, 0.2) is 42.5 Å². The second-order valence-electron chi connectivity index (χ2n) is 7.78. The minimum absolute atomic E-state index is 0. The van der Waals surface area contributed by atoms with Crippen LogP contribution in [0.4, 0.5) is 0 Å². The highest BCUT2D eigenvalue weighted by Gasteiger charge is 2.42. The fourth-order valence-corrected chi connectivity index (χ4v) is 4.65. The number of hydrogen-bond donors (Lipinski definition) is 1. The first-order chi connectivity index (χ1) is 13.1. The fraction of sp³-hybridized carbons (Fsp3) is 0.381. The Kier molecular flexibility index (Phi) is 4.85. The minimum atomic E-state index is -0.00281. The zero-order valence-corrected chi connectivity index (χ0v) is 16.6. The maximum Gasteiger partial charge on any atom is 0.272 e. The van der Waals surface area contributed by atoms with E-state index in [0.717, 1.165) is 48.3 Å². The van der Waals surface area contributed by atoms with Crippen molar-refractivity contribution in [3.05, 3.63) is 53.9 Å². The molecule has 1 aromatic carbocycles. The molecule has 3 heterocycles. The summed E-state index contributed by atoms with van der Waals surface area (Å²) < 4.78 is 1.82. The van der Waals surface area contributed by atoms with E-state index in [2.05, 4.69) is 5.10 Å². The molecule has 1 saturated heterocycles. The molecule has 3 unspecified atom stereocenters. The average molecular weight is 398 g/mol. The monoisotopic (exact) mass is 397 g/mol. The first kappa shape index (κ1) is 18.9. The smallest absolute Gasteiger partial charge is 0.272 e. The van der Waals surface area contributed by atoms with E-state index in [-0.39, 0.29) is 24.4 Å². The lowest BCUT2D eigenvalue weighted by Crippen LogP contribution is -2.33. The topological polar surface area (TPSA) is 77.0 Å². The van der Waals surface area contributed by atoms with Gasteiger partial charge in [-0.3, -0.25) is 4.79 Å². The first-order valence-corrected chi connectivity index (χ1v) is 9.58. The molecule has 1 aliphatic heterocycles. The van der Waals surface area contributed by atoms with E-state index in [1.165, 1.54) is 0 Å². The summed E-state index contributed by atoms with van der Waals surface area (Å²) in [6, 6.07) is 13.9. The molecule has 2 fully saturated rings. The highest BCUT2D eigenvalue weighted by atomic mass is 35.5. The Morgan fingerprint density at radius 2 is 1.89 bits per heavy atom. The van der Waals surface area contributed by atoms with E-state index in [4.69, 9.17) is 10.7 Å².